The second-order valence-corrected chi connectivity index (χ2v) is 7.16. The Labute approximate surface area is 167 Å². The molecule has 29 heavy (non-hydrogen) atoms. The second-order valence-electron chi connectivity index (χ2n) is 7.16. The first kappa shape index (κ1) is 19.5. The SMILES string of the molecule is COc1ccc(CN2CC[C@@H](Oc3ccc4ncccc4c3)[C@H](O)C2)c(F)c1F. The predicted molar refractivity (Wildman–Crippen MR) is 105 cm³/mol. The molecular formula is C22H22F2N2O3. The highest BCUT2D eigenvalue weighted by Gasteiger charge is 2.30. The first-order valence-electron chi connectivity index (χ1n) is 9.48. The van der Waals surface area contributed by atoms with Crippen LogP contribution in [0, 0.1) is 11.6 Å². The van der Waals surface area contributed by atoms with Gasteiger partial charge in [0.25, 0.3) is 0 Å². The summed E-state index contributed by atoms with van der Waals surface area (Å²) in [5, 5.41) is 11.5. The molecule has 4 rings (SSSR count). The van der Waals surface area contributed by atoms with Crippen LogP contribution in [0.25, 0.3) is 10.9 Å². The zero-order valence-corrected chi connectivity index (χ0v) is 16.0. The van der Waals surface area contributed by atoms with Crippen LogP contribution in [0.1, 0.15) is 12.0 Å². The highest BCUT2D eigenvalue weighted by Crippen LogP contribution is 2.26. The van der Waals surface area contributed by atoms with Gasteiger partial charge >= 0.3 is 0 Å². The molecule has 0 radical (unpaired) electrons. The van der Waals surface area contributed by atoms with E-state index >= 15 is 0 Å². The fraction of sp³-hybridized carbons (Fsp3) is 0.318. The molecule has 1 N–H and O–H groups in total. The maximum Gasteiger partial charge on any atom is 0.200 e. The molecule has 2 atom stereocenters. The van der Waals surface area contributed by atoms with E-state index in [1.807, 2.05) is 35.2 Å². The summed E-state index contributed by atoms with van der Waals surface area (Å²) < 4.78 is 38.9. The Balaban J connectivity index is 1.40. The smallest absolute Gasteiger partial charge is 0.200 e. The third kappa shape index (κ3) is 4.16. The van der Waals surface area contributed by atoms with Crippen LogP contribution >= 0.6 is 0 Å². The molecule has 2 heterocycles. The van der Waals surface area contributed by atoms with Crippen molar-refractivity contribution >= 4 is 10.9 Å². The number of ether oxygens (including phenoxy) is 2. The van der Waals surface area contributed by atoms with Gasteiger partial charge in [-0.2, -0.15) is 4.39 Å². The zero-order valence-electron chi connectivity index (χ0n) is 16.0. The molecule has 1 saturated heterocycles. The summed E-state index contributed by atoms with van der Waals surface area (Å²) in [4.78, 5) is 6.17. The predicted octanol–water partition coefficient (Wildman–Crippen LogP) is 3.54. The van der Waals surface area contributed by atoms with Crippen molar-refractivity contribution in [2.75, 3.05) is 20.2 Å². The summed E-state index contributed by atoms with van der Waals surface area (Å²) in [6.07, 6.45) is 1.21. The lowest BCUT2D eigenvalue weighted by molar-refractivity contribution is -0.0277. The molecule has 0 saturated carbocycles. The van der Waals surface area contributed by atoms with Crippen LogP contribution in [0.2, 0.25) is 0 Å². The van der Waals surface area contributed by atoms with E-state index in [0.29, 0.717) is 25.3 Å². The van der Waals surface area contributed by atoms with Crippen LogP contribution in [-0.4, -0.2) is 47.4 Å². The number of likely N-dealkylation sites (tertiary alicyclic amines) is 1. The summed E-state index contributed by atoms with van der Waals surface area (Å²) in [6, 6.07) is 12.4. The van der Waals surface area contributed by atoms with Gasteiger partial charge in [0.05, 0.1) is 12.6 Å². The van der Waals surface area contributed by atoms with Gasteiger partial charge in [-0.3, -0.25) is 9.88 Å². The maximum absolute atomic E-state index is 14.2. The molecule has 1 aromatic heterocycles. The lowest BCUT2D eigenvalue weighted by atomic mass is 10.0. The average molecular weight is 400 g/mol. The Morgan fingerprint density at radius 3 is 2.83 bits per heavy atom. The number of fused-ring (bicyclic) bond motifs is 1. The lowest BCUT2D eigenvalue weighted by Crippen LogP contribution is -2.48. The summed E-state index contributed by atoms with van der Waals surface area (Å²) in [6.45, 7) is 1.12. The number of aliphatic hydroxyl groups excluding tert-OH is 1. The summed E-state index contributed by atoms with van der Waals surface area (Å²) in [7, 11) is 1.30. The van der Waals surface area contributed by atoms with Crippen molar-refractivity contribution in [3.05, 3.63) is 65.9 Å². The normalized spacial score (nSPS) is 20.0. The number of methoxy groups -OCH3 is 1. The van der Waals surface area contributed by atoms with Crippen LogP contribution in [0.5, 0.6) is 11.5 Å². The number of nitrogens with zero attached hydrogens (tertiary/aromatic N) is 2. The Morgan fingerprint density at radius 1 is 1.17 bits per heavy atom. The molecule has 2 aromatic carbocycles. The van der Waals surface area contributed by atoms with Crippen LogP contribution in [0.3, 0.4) is 0 Å². The number of benzene rings is 2. The maximum atomic E-state index is 14.2. The van der Waals surface area contributed by atoms with Crippen molar-refractivity contribution in [1.82, 2.24) is 9.88 Å². The number of aliphatic hydroxyl groups is 1. The van der Waals surface area contributed by atoms with E-state index in [0.717, 1.165) is 10.9 Å². The molecule has 0 bridgehead atoms. The van der Waals surface area contributed by atoms with Gasteiger partial charge in [-0.05, 0) is 36.8 Å². The van der Waals surface area contributed by atoms with E-state index in [2.05, 4.69) is 4.98 Å². The van der Waals surface area contributed by atoms with E-state index in [1.165, 1.54) is 19.2 Å². The van der Waals surface area contributed by atoms with Gasteiger partial charge in [0.1, 0.15) is 18.0 Å². The van der Waals surface area contributed by atoms with E-state index in [1.54, 1.807) is 6.20 Å². The number of aromatic nitrogens is 1. The molecule has 1 aliphatic rings. The van der Waals surface area contributed by atoms with E-state index in [4.69, 9.17) is 9.47 Å². The quantitative estimate of drug-likeness (QED) is 0.710. The number of pyridine rings is 1. The second kappa shape index (κ2) is 8.31. The number of rotatable bonds is 5. The third-order valence-electron chi connectivity index (χ3n) is 5.21. The fourth-order valence-electron chi connectivity index (χ4n) is 3.65. The summed E-state index contributed by atoms with van der Waals surface area (Å²) in [5.41, 5.74) is 1.11. The molecule has 152 valence electrons. The number of hydrogen-bond acceptors (Lipinski definition) is 5. The first-order valence-corrected chi connectivity index (χ1v) is 9.48. The fourth-order valence-corrected chi connectivity index (χ4v) is 3.65. The third-order valence-corrected chi connectivity index (χ3v) is 5.21. The topological polar surface area (TPSA) is 54.8 Å². The standard InChI is InChI=1S/C22H22F2N2O3/c1-28-20-7-4-15(21(23)22(20)24)12-26-10-8-19(18(27)13-26)29-16-5-6-17-14(11-16)3-2-9-25-17/h2-7,9,11,18-19,27H,8,10,12-13H2,1H3/t18-,19-/m1/s1. The van der Waals surface area contributed by atoms with Gasteiger partial charge in [-0.25, -0.2) is 4.39 Å². The van der Waals surface area contributed by atoms with Gasteiger partial charge < -0.3 is 14.6 Å². The van der Waals surface area contributed by atoms with Crippen LogP contribution < -0.4 is 9.47 Å². The molecule has 1 aliphatic heterocycles. The molecule has 0 unspecified atom stereocenters. The van der Waals surface area contributed by atoms with Crippen molar-refractivity contribution in [1.29, 1.82) is 0 Å². The summed E-state index contributed by atoms with van der Waals surface area (Å²) in [5.74, 6) is -1.35. The van der Waals surface area contributed by atoms with Crippen LogP contribution in [0.4, 0.5) is 8.78 Å². The van der Waals surface area contributed by atoms with Crippen molar-refractivity contribution in [2.45, 2.75) is 25.2 Å². The monoisotopic (exact) mass is 400 g/mol. The largest absolute Gasteiger partial charge is 0.494 e. The molecule has 1 fully saturated rings. The number of piperidine rings is 1. The molecule has 0 spiro atoms. The molecule has 0 amide bonds. The minimum atomic E-state index is -0.991. The van der Waals surface area contributed by atoms with Crippen molar-refractivity contribution in [3.63, 3.8) is 0 Å². The Kier molecular flexibility index (Phi) is 5.60. The van der Waals surface area contributed by atoms with Gasteiger partial charge in [0.2, 0.25) is 5.82 Å². The van der Waals surface area contributed by atoms with Gasteiger partial charge in [-0.1, -0.05) is 12.1 Å². The zero-order chi connectivity index (χ0) is 20.4. The van der Waals surface area contributed by atoms with Crippen LogP contribution in [-0.2, 0) is 6.54 Å². The van der Waals surface area contributed by atoms with Gasteiger partial charge in [0, 0.05) is 36.8 Å². The Morgan fingerprint density at radius 2 is 2.03 bits per heavy atom. The minimum absolute atomic E-state index is 0.121. The Hall–Kier alpha value is -2.77. The number of hydrogen-bond donors (Lipinski definition) is 1. The molecule has 7 heteroatoms. The van der Waals surface area contributed by atoms with E-state index in [-0.39, 0.29) is 24.0 Å². The van der Waals surface area contributed by atoms with Crippen LogP contribution in [0.15, 0.2) is 48.7 Å². The van der Waals surface area contributed by atoms with Gasteiger partial charge in [0.15, 0.2) is 11.6 Å². The highest BCUT2D eigenvalue weighted by molar-refractivity contribution is 5.79. The molecule has 3 aromatic rings. The number of halogens is 2. The van der Waals surface area contributed by atoms with Crippen molar-refractivity contribution in [2.24, 2.45) is 0 Å². The van der Waals surface area contributed by atoms with Crippen molar-refractivity contribution < 1.29 is 23.4 Å². The first-order chi connectivity index (χ1) is 14.0. The lowest BCUT2D eigenvalue weighted by Gasteiger charge is -2.36. The Bertz CT molecular complexity index is 1010. The molecule has 0 aliphatic carbocycles. The summed E-state index contributed by atoms with van der Waals surface area (Å²) >= 11 is 0. The highest BCUT2D eigenvalue weighted by atomic mass is 19.2. The van der Waals surface area contributed by atoms with Crippen molar-refractivity contribution in [3.8, 4) is 11.5 Å². The average Bonchev–Trinajstić information content (AvgIpc) is 2.73. The number of β-amino-alcohol motifs (C(OH)–C–C–N with tert-alkyl or cyclic N) is 1. The molecular weight excluding hydrogens is 378 g/mol. The minimum Gasteiger partial charge on any atom is -0.494 e. The van der Waals surface area contributed by atoms with E-state index in [9.17, 15) is 13.9 Å². The molecule has 5 nitrogen and oxygen atoms in total. The van der Waals surface area contributed by atoms with E-state index < -0.39 is 17.7 Å². The van der Waals surface area contributed by atoms with Gasteiger partial charge in [-0.15, -0.1) is 0 Å².